The summed E-state index contributed by atoms with van der Waals surface area (Å²) in [5.74, 6) is -2.38. The molecule has 20 nitrogen and oxygen atoms in total. The van der Waals surface area contributed by atoms with Gasteiger partial charge in [0.25, 0.3) is 0 Å². The van der Waals surface area contributed by atoms with Crippen molar-refractivity contribution in [1.29, 1.82) is 0 Å². The molecule has 0 amide bonds. The van der Waals surface area contributed by atoms with Crippen LogP contribution in [0.2, 0.25) is 0 Å². The summed E-state index contributed by atoms with van der Waals surface area (Å²) in [6.45, 7) is 17.4. The number of hydrogen-bond donors (Lipinski definition) is 3. The normalized spacial score (nSPS) is 56.4. The minimum atomic E-state index is -0.934. The maximum Gasteiger partial charge on any atom is 0.308 e. The minimum absolute atomic E-state index is 0.0130. The van der Waals surface area contributed by atoms with Gasteiger partial charge in [-0.15, -0.1) is 0 Å². The van der Waals surface area contributed by atoms with Crippen LogP contribution in [0.25, 0.3) is 0 Å². The zero-order valence-corrected chi connectivity index (χ0v) is 48.5. The van der Waals surface area contributed by atoms with Gasteiger partial charge in [0.05, 0.1) is 142 Å². The summed E-state index contributed by atoms with van der Waals surface area (Å²) in [6, 6.07) is 0. The smallest absolute Gasteiger partial charge is 0.308 e. The molecule has 2 spiro atoms. The van der Waals surface area contributed by atoms with Crippen LogP contribution < -0.4 is 0 Å². The minimum Gasteiger partial charge on any atom is -0.469 e. The van der Waals surface area contributed by atoms with Gasteiger partial charge in [-0.3, -0.25) is 4.79 Å². The average Bonchev–Trinajstić information content (AvgIpc) is 2.88. The van der Waals surface area contributed by atoms with E-state index in [1.807, 2.05) is 0 Å². The summed E-state index contributed by atoms with van der Waals surface area (Å²) >= 11 is 0. The lowest BCUT2D eigenvalue weighted by Crippen LogP contribution is -2.62. The fourth-order valence-corrected chi connectivity index (χ4v) is 18.5. The Balaban J connectivity index is 0.535. The van der Waals surface area contributed by atoms with Crippen molar-refractivity contribution in [3.63, 3.8) is 0 Å². The number of hydrogen-bond acceptors (Lipinski definition) is 20. The number of aliphatic hydroxyl groups excluding tert-OH is 3. The molecular formula is C62H90O20. The SMILES string of the molecule is C=C1C(C[C@@H]2O[C@H]3C[C@H]4O[C@@]5(C[C@@H]6O[C@]7(C[C@H](C)[C@@H]8O[C@@H]9CC(C(O)CO)O[C@@H]9C[C@@H]8O7)C[C@H](C)[C@@H]6O5)C[C@H]4O[C@H]3[C@H](C)[C@H]2O)O[C@@H](CC[C@@H]2O[C@@H](CC[C@@]34CC5O[C@@H]6C(O[C@H]7CC[C@H](CC(=O)OC)O[C@@H]7[C@H]6O3)[C@H]5O4)CC2=C)C[C@H]1C. The molecule has 0 aromatic carbocycles. The van der Waals surface area contributed by atoms with Crippen LogP contribution in [0.4, 0.5) is 0 Å². The highest BCUT2D eigenvalue weighted by atomic mass is 16.8. The molecule has 16 aliphatic heterocycles. The maximum absolute atomic E-state index is 12.2. The molecule has 6 bridgehead atoms. The van der Waals surface area contributed by atoms with Crippen LogP contribution in [-0.2, 0) is 80.6 Å². The van der Waals surface area contributed by atoms with E-state index in [1.165, 1.54) is 7.11 Å². The third-order valence-electron chi connectivity index (χ3n) is 22.6. The van der Waals surface area contributed by atoms with Crippen LogP contribution in [-0.4, -0.2) is 211 Å². The molecule has 0 aromatic heterocycles. The Morgan fingerprint density at radius 3 is 2.11 bits per heavy atom. The molecule has 16 saturated heterocycles. The molecule has 0 aromatic rings. The van der Waals surface area contributed by atoms with Crippen molar-refractivity contribution in [3.05, 3.63) is 24.3 Å². The van der Waals surface area contributed by atoms with E-state index in [1.54, 1.807) is 0 Å². The number of carbonyl (C=O) groups is 1. The number of esters is 1. The predicted octanol–water partition coefficient (Wildman–Crippen LogP) is 4.94. The van der Waals surface area contributed by atoms with Crippen molar-refractivity contribution >= 4 is 5.97 Å². The Morgan fingerprint density at radius 2 is 1.28 bits per heavy atom. The van der Waals surface area contributed by atoms with Crippen molar-refractivity contribution < 1.29 is 95.9 Å². The fourth-order valence-electron chi connectivity index (χ4n) is 18.5. The molecule has 0 radical (unpaired) electrons. The highest BCUT2D eigenvalue weighted by Gasteiger charge is 2.70. The van der Waals surface area contributed by atoms with E-state index in [4.69, 9.17) is 75.8 Å². The molecule has 20 heteroatoms. The molecule has 16 aliphatic rings. The molecule has 16 fully saturated rings. The van der Waals surface area contributed by atoms with Crippen LogP contribution in [0.1, 0.15) is 143 Å². The Labute approximate surface area is 481 Å². The first-order valence-electron chi connectivity index (χ1n) is 31.8. The van der Waals surface area contributed by atoms with Gasteiger partial charge < -0.3 is 91.1 Å². The summed E-state index contributed by atoms with van der Waals surface area (Å²) in [5.41, 5.74) is 2.14. The topological polar surface area (TPSA) is 225 Å². The summed E-state index contributed by atoms with van der Waals surface area (Å²) < 4.78 is 107. The van der Waals surface area contributed by atoms with Gasteiger partial charge in [-0.05, 0) is 73.8 Å². The van der Waals surface area contributed by atoms with Gasteiger partial charge in [0.15, 0.2) is 17.4 Å². The van der Waals surface area contributed by atoms with Gasteiger partial charge >= 0.3 is 5.97 Å². The summed E-state index contributed by atoms with van der Waals surface area (Å²) in [6.07, 6.45) is 4.90. The highest BCUT2D eigenvalue weighted by molar-refractivity contribution is 5.69. The second-order valence-corrected chi connectivity index (χ2v) is 28.2. The summed E-state index contributed by atoms with van der Waals surface area (Å²) in [4.78, 5) is 12.2. The molecule has 16 heterocycles. The predicted molar refractivity (Wildman–Crippen MR) is 285 cm³/mol. The third kappa shape index (κ3) is 9.89. The van der Waals surface area contributed by atoms with Crippen molar-refractivity contribution in [2.75, 3.05) is 13.7 Å². The monoisotopic (exact) mass is 1150 g/mol. The molecule has 33 atom stereocenters. The van der Waals surface area contributed by atoms with E-state index in [0.717, 1.165) is 56.1 Å². The molecule has 82 heavy (non-hydrogen) atoms. The first-order valence-corrected chi connectivity index (χ1v) is 31.8. The van der Waals surface area contributed by atoms with Gasteiger partial charge in [0.2, 0.25) is 0 Å². The second-order valence-electron chi connectivity index (χ2n) is 28.2. The Kier molecular flexibility index (Phi) is 14.9. The van der Waals surface area contributed by atoms with Gasteiger partial charge in [0.1, 0.15) is 36.6 Å². The largest absolute Gasteiger partial charge is 0.469 e. The van der Waals surface area contributed by atoms with E-state index in [-0.39, 0.29) is 177 Å². The lowest BCUT2D eigenvalue weighted by atomic mass is 9.78. The van der Waals surface area contributed by atoms with E-state index >= 15 is 0 Å². The molecule has 0 saturated carbocycles. The molecule has 3 N–H and O–H groups in total. The van der Waals surface area contributed by atoms with Gasteiger partial charge in [0, 0.05) is 70.1 Å². The van der Waals surface area contributed by atoms with E-state index in [0.29, 0.717) is 64.2 Å². The first kappa shape index (κ1) is 56.7. The average molecular weight is 1160 g/mol. The van der Waals surface area contributed by atoms with Crippen LogP contribution in [0.15, 0.2) is 24.3 Å². The van der Waals surface area contributed by atoms with Gasteiger partial charge in [-0.1, -0.05) is 40.9 Å². The van der Waals surface area contributed by atoms with E-state index in [9.17, 15) is 20.1 Å². The van der Waals surface area contributed by atoms with Crippen molar-refractivity contribution in [1.82, 2.24) is 0 Å². The Morgan fingerprint density at radius 1 is 0.585 bits per heavy atom. The molecule has 5 unspecified atom stereocenters. The summed E-state index contributed by atoms with van der Waals surface area (Å²) in [5, 5.41) is 31.9. The number of rotatable bonds is 12. The van der Waals surface area contributed by atoms with E-state index < -0.39 is 41.8 Å². The lowest BCUT2D eigenvalue weighted by Gasteiger charge is -2.54. The van der Waals surface area contributed by atoms with Crippen molar-refractivity contribution in [2.45, 2.75) is 319 Å². The molecular weight excluding hydrogens is 1060 g/mol. The fraction of sp³-hybridized carbons (Fsp3) is 0.919. The zero-order valence-electron chi connectivity index (χ0n) is 48.5. The Hall–Kier alpha value is -1.77. The Bertz CT molecular complexity index is 2410. The highest BCUT2D eigenvalue weighted by Crippen LogP contribution is 2.58. The van der Waals surface area contributed by atoms with E-state index in [2.05, 4.69) is 40.9 Å². The van der Waals surface area contributed by atoms with Gasteiger partial charge in [-0.25, -0.2) is 0 Å². The van der Waals surface area contributed by atoms with Crippen LogP contribution >= 0.6 is 0 Å². The zero-order chi connectivity index (χ0) is 56.3. The third-order valence-corrected chi connectivity index (χ3v) is 22.6. The number of aliphatic hydroxyl groups is 3. The standard InChI is InChI=1S/C62H90O20/c1-27-14-33(8-10-37-28(2)15-35(68-37)12-13-60-24-48-56(81-60)57-58(76-48)59(82-60)55-38(73-57)11-9-34(70-55)16-50(65)67-7)69-39(31(27)5)17-44-51(66)32(6)54-45(72-44)20-43-47(75-54)23-62(77-43)25-49-53(80-62)30(4)22-61(79-49)21-29(3)52-46(78-61)19-41-42(74-52)18-40(71-41)36(64)26-63/h27,29-30,32-49,51-59,63-64,66H,2,5,8-26H2,1,3-4,6-7H3/t27-,29+,30+,32-,33+,34-,35+,36?,37+,38+,39?,40?,41-,42-,43-,44+,45+,46+,47-,48?,49+,51-,52+,53+,54+,55+,56+,57?,58-,59-,60+,61-,62+/m1/s1. The van der Waals surface area contributed by atoms with Crippen LogP contribution in [0.3, 0.4) is 0 Å². The molecule has 0 aliphatic carbocycles. The number of fused-ring (bicyclic) bond motifs is 6. The van der Waals surface area contributed by atoms with Gasteiger partial charge in [-0.2, -0.15) is 0 Å². The van der Waals surface area contributed by atoms with Crippen molar-refractivity contribution in [2.24, 2.45) is 23.7 Å². The van der Waals surface area contributed by atoms with Crippen molar-refractivity contribution in [3.8, 4) is 0 Å². The number of ether oxygens (including phenoxy) is 16. The number of carbonyl (C=O) groups excluding carboxylic acids is 1. The maximum atomic E-state index is 12.2. The van der Waals surface area contributed by atoms with Crippen LogP contribution in [0.5, 0.6) is 0 Å². The molecule has 16 rings (SSSR count). The van der Waals surface area contributed by atoms with Crippen LogP contribution in [0, 0.1) is 23.7 Å². The second kappa shape index (κ2) is 21.5. The lowest BCUT2D eigenvalue weighted by molar-refractivity contribution is -0.369. The quantitative estimate of drug-likeness (QED) is 0.174. The summed E-state index contributed by atoms with van der Waals surface area (Å²) in [7, 11) is 1.40. The molecule has 458 valence electrons. The number of methoxy groups -OCH3 is 1. The first-order chi connectivity index (χ1) is 39.4.